The Balaban J connectivity index is 2.36. The molecule has 0 fully saturated rings. The summed E-state index contributed by atoms with van der Waals surface area (Å²) >= 11 is 5.34. The number of rotatable bonds is 5. The average Bonchev–Trinajstić information content (AvgIpc) is 2.58. The fourth-order valence-corrected chi connectivity index (χ4v) is 2.69. The van der Waals surface area contributed by atoms with Crippen LogP contribution in [0.5, 0.6) is 5.75 Å². The molecule has 1 aromatic rings. The van der Waals surface area contributed by atoms with E-state index >= 15 is 0 Å². The highest BCUT2D eigenvalue weighted by Gasteiger charge is 2.33. The number of carbonyl (C=O) groups is 1. The molecule has 1 aromatic carbocycles. The van der Waals surface area contributed by atoms with Crippen LogP contribution in [0.1, 0.15) is 25.5 Å². The predicted molar refractivity (Wildman–Crippen MR) is 93.1 cm³/mol. The minimum atomic E-state index is -0.391. The quantitative estimate of drug-likeness (QED) is 0.648. The number of nitrogens with zero attached hydrogens (tertiary/aromatic N) is 2. The highest BCUT2D eigenvalue weighted by molar-refractivity contribution is 7.80. The summed E-state index contributed by atoms with van der Waals surface area (Å²) in [5.41, 5.74) is 2.14. The topological polar surface area (TPSA) is 74.6 Å². The molecule has 1 heterocycles. The van der Waals surface area contributed by atoms with E-state index in [1.807, 2.05) is 25.1 Å². The third-order valence-electron chi connectivity index (χ3n) is 3.77. The standard InChI is InChI=1S/C17H19N3O3S/c1-4-22-16(21)14-11(2)20(3)17(24)19-15(14)12-5-7-13(8-6-12)23-10-9-18/h5-8,15H,4,10H2,1-3H3,(H,19,24)/t15-/m1/s1. The Morgan fingerprint density at radius 3 is 2.67 bits per heavy atom. The van der Waals surface area contributed by atoms with Gasteiger partial charge in [-0.05, 0) is 43.8 Å². The maximum atomic E-state index is 12.4. The van der Waals surface area contributed by atoms with Gasteiger partial charge >= 0.3 is 5.97 Å². The van der Waals surface area contributed by atoms with Crippen molar-refractivity contribution in [2.45, 2.75) is 19.9 Å². The Morgan fingerprint density at radius 2 is 2.08 bits per heavy atom. The number of hydrogen-bond acceptors (Lipinski definition) is 5. The first-order valence-electron chi connectivity index (χ1n) is 7.51. The van der Waals surface area contributed by atoms with E-state index in [2.05, 4.69) is 5.32 Å². The molecule has 0 saturated heterocycles. The number of esters is 1. The van der Waals surface area contributed by atoms with Gasteiger partial charge in [-0.2, -0.15) is 5.26 Å². The predicted octanol–water partition coefficient (Wildman–Crippen LogP) is 2.29. The SMILES string of the molecule is CCOC(=O)C1=C(C)N(C)C(=S)N[C@@H]1c1ccc(OCC#N)cc1. The zero-order valence-corrected chi connectivity index (χ0v) is 14.6. The van der Waals surface area contributed by atoms with Crippen LogP contribution in [-0.4, -0.2) is 36.2 Å². The largest absolute Gasteiger partial charge is 0.479 e. The number of nitrogens with one attached hydrogen (secondary N) is 1. The number of thiocarbonyl (C=S) groups is 1. The fraction of sp³-hybridized carbons (Fsp3) is 0.353. The van der Waals surface area contributed by atoms with E-state index in [0.717, 1.165) is 11.3 Å². The third-order valence-corrected chi connectivity index (χ3v) is 4.16. The van der Waals surface area contributed by atoms with Gasteiger partial charge in [0.15, 0.2) is 11.7 Å². The molecule has 7 heteroatoms. The summed E-state index contributed by atoms with van der Waals surface area (Å²) in [7, 11) is 1.80. The monoisotopic (exact) mass is 345 g/mol. The number of nitriles is 1. The zero-order chi connectivity index (χ0) is 17.7. The van der Waals surface area contributed by atoms with Crippen molar-refractivity contribution < 1.29 is 14.3 Å². The third kappa shape index (κ3) is 3.66. The van der Waals surface area contributed by atoms with Gasteiger partial charge in [-0.3, -0.25) is 0 Å². The van der Waals surface area contributed by atoms with Gasteiger partial charge in [0.1, 0.15) is 11.8 Å². The molecule has 2 rings (SSSR count). The first-order chi connectivity index (χ1) is 11.5. The number of ether oxygens (including phenoxy) is 2. The lowest BCUT2D eigenvalue weighted by Gasteiger charge is -2.35. The molecule has 1 aliphatic rings. The normalized spacial score (nSPS) is 17.2. The summed E-state index contributed by atoms with van der Waals surface area (Å²) in [6.07, 6.45) is 0. The maximum absolute atomic E-state index is 12.4. The highest BCUT2D eigenvalue weighted by atomic mass is 32.1. The summed E-state index contributed by atoms with van der Waals surface area (Å²) in [6.45, 7) is 3.91. The Morgan fingerprint density at radius 1 is 1.42 bits per heavy atom. The van der Waals surface area contributed by atoms with Crippen LogP contribution >= 0.6 is 12.2 Å². The van der Waals surface area contributed by atoms with Gasteiger partial charge in [-0.25, -0.2) is 4.79 Å². The van der Waals surface area contributed by atoms with Crippen molar-refractivity contribution in [3.8, 4) is 11.8 Å². The number of benzene rings is 1. The molecule has 0 bridgehead atoms. The Kier molecular flexibility index (Phi) is 5.77. The second kappa shape index (κ2) is 7.79. The second-order valence-corrected chi connectivity index (χ2v) is 5.56. The number of allylic oxidation sites excluding steroid dienone is 1. The summed E-state index contributed by atoms with van der Waals surface area (Å²) in [5.74, 6) is 0.223. The molecular weight excluding hydrogens is 326 g/mol. The van der Waals surface area contributed by atoms with Gasteiger partial charge in [-0.15, -0.1) is 0 Å². The smallest absolute Gasteiger partial charge is 0.338 e. The van der Waals surface area contributed by atoms with E-state index < -0.39 is 6.04 Å². The first-order valence-corrected chi connectivity index (χ1v) is 7.92. The van der Waals surface area contributed by atoms with E-state index in [4.69, 9.17) is 27.0 Å². The average molecular weight is 345 g/mol. The Labute approximate surface area is 146 Å². The molecule has 0 unspecified atom stereocenters. The summed E-state index contributed by atoms with van der Waals surface area (Å²) in [5, 5.41) is 12.3. The molecule has 6 nitrogen and oxygen atoms in total. The Hall–Kier alpha value is -2.59. The van der Waals surface area contributed by atoms with Crippen molar-refractivity contribution in [2.75, 3.05) is 20.3 Å². The molecule has 1 atom stereocenters. The molecule has 24 heavy (non-hydrogen) atoms. The van der Waals surface area contributed by atoms with Crippen molar-refractivity contribution in [3.63, 3.8) is 0 Å². The van der Waals surface area contributed by atoms with Crippen molar-refractivity contribution >= 4 is 23.3 Å². The van der Waals surface area contributed by atoms with Crippen LogP contribution < -0.4 is 10.1 Å². The summed E-state index contributed by atoms with van der Waals surface area (Å²) in [6, 6.07) is 8.72. The van der Waals surface area contributed by atoms with Crippen LogP contribution in [0.2, 0.25) is 0 Å². The summed E-state index contributed by atoms with van der Waals surface area (Å²) in [4.78, 5) is 14.2. The van der Waals surface area contributed by atoms with Crippen molar-refractivity contribution in [3.05, 3.63) is 41.1 Å². The lowest BCUT2D eigenvalue weighted by molar-refractivity contribution is -0.139. The minimum absolute atomic E-state index is 0.0109. The first kappa shape index (κ1) is 17.8. The molecule has 126 valence electrons. The molecule has 0 amide bonds. The van der Waals surface area contributed by atoms with Gasteiger partial charge < -0.3 is 19.7 Å². The molecule has 0 radical (unpaired) electrons. The van der Waals surface area contributed by atoms with Gasteiger partial charge in [-0.1, -0.05) is 12.1 Å². The second-order valence-electron chi connectivity index (χ2n) is 5.18. The molecule has 1 N–H and O–H groups in total. The zero-order valence-electron chi connectivity index (χ0n) is 13.8. The molecule has 0 aromatic heterocycles. The maximum Gasteiger partial charge on any atom is 0.338 e. The Bertz CT molecular complexity index is 707. The fourth-order valence-electron chi connectivity index (χ4n) is 2.43. The van der Waals surface area contributed by atoms with E-state index in [-0.39, 0.29) is 12.6 Å². The number of hydrogen-bond donors (Lipinski definition) is 1. The molecule has 0 spiro atoms. The highest BCUT2D eigenvalue weighted by Crippen LogP contribution is 2.31. The lowest BCUT2D eigenvalue weighted by atomic mass is 9.95. The van der Waals surface area contributed by atoms with Crippen molar-refractivity contribution in [1.82, 2.24) is 10.2 Å². The van der Waals surface area contributed by atoms with Crippen LogP contribution in [0, 0.1) is 11.3 Å². The lowest BCUT2D eigenvalue weighted by Crippen LogP contribution is -2.46. The van der Waals surface area contributed by atoms with Crippen LogP contribution in [0.3, 0.4) is 0 Å². The van der Waals surface area contributed by atoms with Crippen LogP contribution in [0.15, 0.2) is 35.5 Å². The van der Waals surface area contributed by atoms with Gasteiger partial charge in [0.05, 0.1) is 18.2 Å². The van der Waals surface area contributed by atoms with Crippen LogP contribution in [0.4, 0.5) is 0 Å². The number of carbonyl (C=O) groups excluding carboxylic acids is 1. The van der Waals surface area contributed by atoms with Gasteiger partial charge in [0, 0.05) is 12.7 Å². The molecule has 0 saturated carbocycles. The summed E-state index contributed by atoms with van der Waals surface area (Å²) < 4.78 is 10.4. The van der Waals surface area contributed by atoms with E-state index in [0.29, 0.717) is 23.0 Å². The van der Waals surface area contributed by atoms with Crippen LogP contribution in [0.25, 0.3) is 0 Å². The minimum Gasteiger partial charge on any atom is -0.479 e. The molecule has 1 aliphatic heterocycles. The van der Waals surface area contributed by atoms with Crippen LogP contribution in [-0.2, 0) is 9.53 Å². The van der Waals surface area contributed by atoms with Crippen molar-refractivity contribution in [1.29, 1.82) is 5.26 Å². The van der Waals surface area contributed by atoms with Gasteiger partial charge in [0.2, 0.25) is 0 Å². The molecular formula is C17H19N3O3S. The van der Waals surface area contributed by atoms with E-state index in [1.165, 1.54) is 0 Å². The molecule has 0 aliphatic carbocycles. The van der Waals surface area contributed by atoms with Crippen molar-refractivity contribution in [2.24, 2.45) is 0 Å². The van der Waals surface area contributed by atoms with E-state index in [1.54, 1.807) is 31.0 Å². The van der Waals surface area contributed by atoms with Gasteiger partial charge in [0.25, 0.3) is 0 Å². The van der Waals surface area contributed by atoms with E-state index in [9.17, 15) is 4.79 Å².